The van der Waals surface area contributed by atoms with E-state index < -0.39 is 23.8 Å². The first-order valence-electron chi connectivity index (χ1n) is 11.8. The molecule has 33 heavy (non-hydrogen) atoms. The van der Waals surface area contributed by atoms with Gasteiger partial charge in [-0.15, -0.1) is 0 Å². The Morgan fingerprint density at radius 2 is 1.97 bits per heavy atom. The van der Waals surface area contributed by atoms with Crippen LogP contribution in [-0.2, 0) is 14.3 Å². The smallest absolute Gasteiger partial charge is 0.407 e. The van der Waals surface area contributed by atoms with Crippen LogP contribution in [0.5, 0.6) is 0 Å². The van der Waals surface area contributed by atoms with Crippen molar-refractivity contribution in [2.45, 2.75) is 77.7 Å². The first-order valence-corrected chi connectivity index (χ1v) is 12.2. The number of halogens is 1. The van der Waals surface area contributed by atoms with Gasteiger partial charge in [-0.3, -0.25) is 14.7 Å². The summed E-state index contributed by atoms with van der Waals surface area (Å²) in [4.78, 5) is 38.1. The maximum absolute atomic E-state index is 12.9. The van der Waals surface area contributed by atoms with Crippen molar-refractivity contribution in [3.05, 3.63) is 23.2 Å². The zero-order valence-corrected chi connectivity index (χ0v) is 20.1. The van der Waals surface area contributed by atoms with E-state index in [4.69, 9.17) is 16.3 Å². The minimum Gasteiger partial charge on any atom is -0.449 e. The number of nitrogens with one attached hydrogen (secondary N) is 3. The highest BCUT2D eigenvalue weighted by Crippen LogP contribution is 2.39. The third-order valence-corrected chi connectivity index (χ3v) is 6.84. The number of ether oxygens (including phenoxy) is 1. The number of nitrogens with zero attached hydrogens (tertiary/aromatic N) is 1. The van der Waals surface area contributed by atoms with Gasteiger partial charge in [0.15, 0.2) is 5.82 Å². The number of aromatic nitrogens is 2. The molecule has 9 heteroatoms. The predicted molar refractivity (Wildman–Crippen MR) is 128 cm³/mol. The molecule has 1 fully saturated rings. The van der Waals surface area contributed by atoms with Gasteiger partial charge in [0, 0.05) is 15.8 Å². The van der Waals surface area contributed by atoms with Crippen LogP contribution in [0.4, 0.5) is 10.6 Å². The molecule has 0 spiro atoms. The summed E-state index contributed by atoms with van der Waals surface area (Å²) in [5, 5.41) is 13.2. The second-order valence-corrected chi connectivity index (χ2v) is 9.35. The molecule has 0 unspecified atom stereocenters. The van der Waals surface area contributed by atoms with Gasteiger partial charge in [0.25, 0.3) is 5.91 Å². The van der Waals surface area contributed by atoms with Gasteiger partial charge in [0.2, 0.25) is 5.78 Å². The number of rotatable bonds is 10. The van der Waals surface area contributed by atoms with Gasteiger partial charge in [-0.05, 0) is 43.9 Å². The van der Waals surface area contributed by atoms with E-state index in [1.165, 1.54) is 6.42 Å². The van der Waals surface area contributed by atoms with Gasteiger partial charge in [-0.1, -0.05) is 57.6 Å². The molecule has 0 radical (unpaired) electrons. The van der Waals surface area contributed by atoms with Gasteiger partial charge in [-0.2, -0.15) is 5.10 Å². The topological polar surface area (TPSA) is 113 Å². The molecule has 0 aliphatic heterocycles. The number of H-pyrrole nitrogens is 1. The minimum atomic E-state index is -0.957. The molecule has 1 atom stereocenters. The lowest BCUT2D eigenvalue weighted by molar-refractivity contribution is -0.136. The van der Waals surface area contributed by atoms with Crippen LogP contribution in [0.25, 0.3) is 10.9 Å². The normalized spacial score (nSPS) is 16.2. The summed E-state index contributed by atoms with van der Waals surface area (Å²) in [6, 6.07) is 4.10. The Morgan fingerprint density at radius 1 is 1.21 bits per heavy atom. The average molecular weight is 477 g/mol. The molecule has 0 saturated heterocycles. The summed E-state index contributed by atoms with van der Waals surface area (Å²) in [5.74, 6) is -1.33. The fraction of sp³-hybridized carbons (Fsp3) is 0.583. The van der Waals surface area contributed by atoms with Crippen molar-refractivity contribution in [3.63, 3.8) is 0 Å². The predicted octanol–water partition coefficient (Wildman–Crippen LogP) is 5.37. The maximum Gasteiger partial charge on any atom is 0.407 e. The lowest BCUT2D eigenvalue weighted by Gasteiger charge is -2.35. The van der Waals surface area contributed by atoms with Gasteiger partial charge >= 0.3 is 6.09 Å². The Balaban J connectivity index is 1.62. The summed E-state index contributed by atoms with van der Waals surface area (Å²) in [6.45, 7) is 4.43. The second-order valence-electron chi connectivity index (χ2n) is 8.91. The van der Waals surface area contributed by atoms with Crippen LogP contribution in [0.1, 0.15) is 71.6 Å². The first-order chi connectivity index (χ1) is 15.9. The molecule has 3 N–H and O–H groups in total. The molecular formula is C24H33ClN4O4. The summed E-state index contributed by atoms with van der Waals surface area (Å²) < 4.78 is 5.53. The third kappa shape index (κ3) is 6.47. The average Bonchev–Trinajstić information content (AvgIpc) is 3.22. The summed E-state index contributed by atoms with van der Waals surface area (Å²) >= 11 is 5.97. The van der Waals surface area contributed by atoms with Crippen LogP contribution < -0.4 is 10.6 Å². The molecule has 1 saturated carbocycles. The van der Waals surface area contributed by atoms with Crippen LogP contribution in [0.2, 0.25) is 5.02 Å². The van der Waals surface area contributed by atoms with Crippen molar-refractivity contribution in [1.82, 2.24) is 15.5 Å². The molecule has 1 aromatic carbocycles. The molecule has 2 amide bonds. The fourth-order valence-corrected chi connectivity index (χ4v) is 4.57. The van der Waals surface area contributed by atoms with Crippen molar-refractivity contribution >= 4 is 46.1 Å². The maximum atomic E-state index is 12.9. The number of carbonyl (C=O) groups excluding carboxylic acids is 3. The van der Waals surface area contributed by atoms with Crippen LogP contribution in [0, 0.1) is 5.41 Å². The zero-order chi connectivity index (χ0) is 23.8. The van der Waals surface area contributed by atoms with Crippen molar-refractivity contribution < 1.29 is 19.1 Å². The van der Waals surface area contributed by atoms with E-state index >= 15 is 0 Å². The van der Waals surface area contributed by atoms with E-state index in [1.807, 2.05) is 6.92 Å². The van der Waals surface area contributed by atoms with Gasteiger partial charge in [0.1, 0.15) is 6.04 Å². The molecule has 1 aliphatic carbocycles. The fourth-order valence-electron chi connectivity index (χ4n) is 4.40. The van der Waals surface area contributed by atoms with Crippen molar-refractivity contribution in [3.8, 4) is 0 Å². The first kappa shape index (κ1) is 25.0. The third-order valence-electron chi connectivity index (χ3n) is 6.61. The highest BCUT2D eigenvalue weighted by Gasteiger charge is 2.33. The lowest BCUT2D eigenvalue weighted by Crippen LogP contribution is -2.46. The van der Waals surface area contributed by atoms with Gasteiger partial charge in [0.05, 0.1) is 12.1 Å². The van der Waals surface area contributed by atoms with Gasteiger partial charge < -0.3 is 15.4 Å². The van der Waals surface area contributed by atoms with E-state index in [0.717, 1.165) is 38.5 Å². The number of anilines is 1. The summed E-state index contributed by atoms with van der Waals surface area (Å²) in [6.07, 6.45) is 7.75. The van der Waals surface area contributed by atoms with E-state index in [2.05, 4.69) is 27.8 Å². The molecule has 180 valence electrons. The molecule has 0 bridgehead atoms. The van der Waals surface area contributed by atoms with Crippen LogP contribution in [0.3, 0.4) is 0 Å². The molecule has 3 rings (SSSR count). The number of amides is 2. The Morgan fingerprint density at radius 3 is 2.67 bits per heavy atom. The lowest BCUT2D eigenvalue weighted by atomic mass is 9.73. The number of ketones is 1. The largest absolute Gasteiger partial charge is 0.449 e. The number of alkyl carbamates (subject to hydrolysis) is 1. The monoisotopic (exact) mass is 476 g/mol. The van der Waals surface area contributed by atoms with Crippen molar-refractivity contribution in [2.24, 2.45) is 5.41 Å². The Bertz CT molecular complexity index is 984. The minimum absolute atomic E-state index is 0.0137. The van der Waals surface area contributed by atoms with Crippen LogP contribution in [-0.4, -0.2) is 40.6 Å². The molecule has 8 nitrogen and oxygen atoms in total. The van der Waals surface area contributed by atoms with Gasteiger partial charge in [-0.25, -0.2) is 4.79 Å². The standard InChI is InChI=1S/C24H33ClN4O4/c1-3-5-9-18(26-23(32)33-15-24(4-2)12-7-6-8-13-24)20(30)22(31)27-21-17-11-10-16(25)14-19(17)28-29-21/h10-11,14,18H,3-9,12-13,15H2,1-2H3,(H,26,32)(H2,27,28,29,31)/t18-/m0/s1. The number of hydrogen-bond donors (Lipinski definition) is 3. The Hall–Kier alpha value is -2.61. The highest BCUT2D eigenvalue weighted by molar-refractivity contribution is 6.43. The van der Waals surface area contributed by atoms with E-state index in [-0.39, 0.29) is 11.2 Å². The summed E-state index contributed by atoms with van der Waals surface area (Å²) in [7, 11) is 0. The Kier molecular flexibility index (Phi) is 8.72. The molecular weight excluding hydrogens is 444 g/mol. The second kappa shape index (κ2) is 11.5. The Labute approximate surface area is 199 Å². The molecule has 1 heterocycles. The number of benzene rings is 1. The number of aromatic amines is 1. The SMILES string of the molecule is CCCC[C@H](NC(=O)OCC1(CC)CCCCC1)C(=O)C(=O)Nc1n[nH]c2cc(Cl)ccc12. The summed E-state index contributed by atoms with van der Waals surface area (Å²) in [5.41, 5.74) is 0.654. The number of carbonyl (C=O) groups is 3. The number of hydrogen-bond acceptors (Lipinski definition) is 5. The van der Waals surface area contributed by atoms with Crippen LogP contribution in [0.15, 0.2) is 18.2 Å². The zero-order valence-electron chi connectivity index (χ0n) is 19.3. The quantitative estimate of drug-likeness (QED) is 0.399. The molecule has 1 aromatic heterocycles. The number of fused-ring (bicyclic) bond motifs is 1. The van der Waals surface area contributed by atoms with Crippen molar-refractivity contribution in [1.29, 1.82) is 0 Å². The number of unbranched alkanes of at least 4 members (excludes halogenated alkanes) is 1. The molecule has 1 aliphatic rings. The molecule has 2 aromatic rings. The highest BCUT2D eigenvalue weighted by atomic mass is 35.5. The van der Waals surface area contributed by atoms with E-state index in [0.29, 0.717) is 35.4 Å². The van der Waals surface area contributed by atoms with E-state index in [9.17, 15) is 14.4 Å². The van der Waals surface area contributed by atoms with Crippen LogP contribution >= 0.6 is 11.6 Å². The number of Topliss-reactive ketones (excluding diaryl/α,β-unsaturated/α-hetero) is 1. The van der Waals surface area contributed by atoms with E-state index in [1.54, 1.807) is 18.2 Å². The van der Waals surface area contributed by atoms with Crippen molar-refractivity contribution in [2.75, 3.05) is 11.9 Å².